The minimum atomic E-state index is -0.0450. The summed E-state index contributed by atoms with van der Waals surface area (Å²) in [5, 5.41) is 3.07. The lowest BCUT2D eigenvalue weighted by Gasteiger charge is -2.17. The lowest BCUT2D eigenvalue weighted by molar-refractivity contribution is -0.120. The maximum absolute atomic E-state index is 12.2. The number of amides is 1. The van der Waals surface area contributed by atoms with Gasteiger partial charge in [0.25, 0.3) is 0 Å². The van der Waals surface area contributed by atoms with E-state index in [0.29, 0.717) is 5.92 Å². The molecule has 21 heavy (non-hydrogen) atoms. The standard InChI is InChI=1S/C18H29NOS/c1-5-7-8-16(6-2)13-19-18(20)15(4)21-17-11-9-14(3)10-12-17/h9-12,15-16H,5-8,13H2,1-4H3,(H,19,20)/t15-,16+/m1/s1. The van der Waals surface area contributed by atoms with Crippen LogP contribution in [0.3, 0.4) is 0 Å². The van der Waals surface area contributed by atoms with Crippen LogP contribution in [0.2, 0.25) is 0 Å². The molecule has 0 saturated heterocycles. The van der Waals surface area contributed by atoms with Crippen molar-refractivity contribution in [2.45, 2.75) is 63.5 Å². The Hall–Kier alpha value is -0.960. The summed E-state index contributed by atoms with van der Waals surface area (Å²) < 4.78 is 0. The second-order valence-electron chi connectivity index (χ2n) is 5.73. The van der Waals surface area contributed by atoms with Crippen LogP contribution >= 0.6 is 11.8 Å². The van der Waals surface area contributed by atoms with Crippen LogP contribution in [0.1, 0.15) is 52.0 Å². The number of hydrogen-bond donors (Lipinski definition) is 1. The first-order valence-corrected chi connectivity index (χ1v) is 8.95. The van der Waals surface area contributed by atoms with Gasteiger partial charge >= 0.3 is 0 Å². The fourth-order valence-corrected chi connectivity index (χ4v) is 3.10. The first-order chi connectivity index (χ1) is 10.1. The molecule has 0 saturated carbocycles. The first-order valence-electron chi connectivity index (χ1n) is 8.07. The van der Waals surface area contributed by atoms with Crippen molar-refractivity contribution in [1.82, 2.24) is 5.32 Å². The molecule has 0 aliphatic heterocycles. The van der Waals surface area contributed by atoms with E-state index in [2.05, 4.69) is 50.4 Å². The van der Waals surface area contributed by atoms with Gasteiger partial charge in [-0.3, -0.25) is 4.79 Å². The highest BCUT2D eigenvalue weighted by molar-refractivity contribution is 8.00. The number of hydrogen-bond acceptors (Lipinski definition) is 2. The monoisotopic (exact) mass is 307 g/mol. The molecule has 2 nitrogen and oxygen atoms in total. The lowest BCUT2D eigenvalue weighted by Crippen LogP contribution is -2.34. The second kappa shape index (κ2) is 9.88. The van der Waals surface area contributed by atoms with Gasteiger partial charge in [-0.25, -0.2) is 0 Å². The van der Waals surface area contributed by atoms with Crippen molar-refractivity contribution in [3.05, 3.63) is 29.8 Å². The molecule has 0 bridgehead atoms. The van der Waals surface area contributed by atoms with Gasteiger partial charge in [0, 0.05) is 11.4 Å². The number of unbranched alkanes of at least 4 members (excludes halogenated alkanes) is 1. The molecule has 1 aromatic carbocycles. The number of nitrogens with one attached hydrogen (secondary N) is 1. The maximum atomic E-state index is 12.2. The van der Waals surface area contributed by atoms with Gasteiger partial charge in [0.1, 0.15) is 0 Å². The fraction of sp³-hybridized carbons (Fsp3) is 0.611. The van der Waals surface area contributed by atoms with Gasteiger partial charge in [-0.1, -0.05) is 50.8 Å². The van der Waals surface area contributed by atoms with Crippen molar-refractivity contribution in [2.24, 2.45) is 5.92 Å². The predicted molar refractivity (Wildman–Crippen MR) is 92.8 cm³/mol. The molecule has 0 aliphatic carbocycles. The first kappa shape index (κ1) is 18.1. The average molecular weight is 308 g/mol. The average Bonchev–Trinajstić information content (AvgIpc) is 2.49. The molecule has 0 radical (unpaired) electrons. The van der Waals surface area contributed by atoms with Crippen molar-refractivity contribution < 1.29 is 4.79 Å². The quantitative estimate of drug-likeness (QED) is 0.663. The highest BCUT2D eigenvalue weighted by Gasteiger charge is 2.15. The SMILES string of the molecule is CCCC[C@H](CC)CNC(=O)[C@@H](C)Sc1ccc(C)cc1. The summed E-state index contributed by atoms with van der Waals surface area (Å²) in [7, 11) is 0. The molecular formula is C18H29NOS. The van der Waals surface area contributed by atoms with E-state index < -0.39 is 0 Å². The van der Waals surface area contributed by atoms with E-state index >= 15 is 0 Å². The van der Waals surface area contributed by atoms with Crippen LogP contribution in [-0.4, -0.2) is 17.7 Å². The van der Waals surface area contributed by atoms with Gasteiger partial charge in [0.15, 0.2) is 0 Å². The summed E-state index contributed by atoms with van der Waals surface area (Å²) in [5.74, 6) is 0.765. The van der Waals surface area contributed by atoms with E-state index in [1.165, 1.54) is 24.8 Å². The van der Waals surface area contributed by atoms with E-state index in [-0.39, 0.29) is 11.2 Å². The molecule has 0 unspecified atom stereocenters. The lowest BCUT2D eigenvalue weighted by atomic mass is 9.99. The zero-order chi connectivity index (χ0) is 15.7. The van der Waals surface area contributed by atoms with Crippen molar-refractivity contribution in [3.8, 4) is 0 Å². The smallest absolute Gasteiger partial charge is 0.233 e. The van der Waals surface area contributed by atoms with E-state index in [4.69, 9.17) is 0 Å². The molecule has 1 aromatic rings. The highest BCUT2D eigenvalue weighted by atomic mass is 32.2. The summed E-state index contributed by atoms with van der Waals surface area (Å²) in [6, 6.07) is 8.34. The van der Waals surface area contributed by atoms with Crippen LogP contribution in [0, 0.1) is 12.8 Å². The van der Waals surface area contributed by atoms with Crippen LogP contribution in [0.25, 0.3) is 0 Å². The Morgan fingerprint density at radius 3 is 2.48 bits per heavy atom. The minimum absolute atomic E-state index is 0.0450. The zero-order valence-electron chi connectivity index (χ0n) is 13.8. The van der Waals surface area contributed by atoms with Gasteiger partial charge in [-0.05, 0) is 38.3 Å². The van der Waals surface area contributed by atoms with E-state index in [9.17, 15) is 4.79 Å². The van der Waals surface area contributed by atoms with Crippen molar-refractivity contribution in [2.75, 3.05) is 6.54 Å². The highest BCUT2D eigenvalue weighted by Crippen LogP contribution is 2.23. The molecule has 0 aliphatic rings. The Kier molecular flexibility index (Phi) is 8.51. The molecule has 118 valence electrons. The second-order valence-corrected chi connectivity index (χ2v) is 7.15. The summed E-state index contributed by atoms with van der Waals surface area (Å²) in [4.78, 5) is 13.3. The van der Waals surface area contributed by atoms with Crippen LogP contribution < -0.4 is 5.32 Å². The molecule has 3 heteroatoms. The predicted octanol–water partition coefficient (Wildman–Crippen LogP) is 4.81. The van der Waals surface area contributed by atoms with Gasteiger partial charge in [-0.15, -0.1) is 11.8 Å². The van der Waals surface area contributed by atoms with E-state index in [0.717, 1.165) is 17.9 Å². The molecule has 0 heterocycles. The third kappa shape index (κ3) is 7.03. The Balaban J connectivity index is 2.38. The van der Waals surface area contributed by atoms with Crippen molar-refractivity contribution >= 4 is 17.7 Å². The minimum Gasteiger partial charge on any atom is -0.355 e. The third-order valence-corrected chi connectivity index (χ3v) is 4.92. The summed E-state index contributed by atoms with van der Waals surface area (Å²) in [5.41, 5.74) is 1.25. The summed E-state index contributed by atoms with van der Waals surface area (Å²) in [6.45, 7) is 9.29. The van der Waals surface area contributed by atoms with Crippen molar-refractivity contribution in [1.29, 1.82) is 0 Å². The van der Waals surface area contributed by atoms with Crippen LogP contribution in [0.5, 0.6) is 0 Å². The largest absolute Gasteiger partial charge is 0.355 e. The number of carbonyl (C=O) groups excluding carboxylic acids is 1. The Labute approximate surface area is 134 Å². The molecule has 1 N–H and O–H groups in total. The molecular weight excluding hydrogens is 278 g/mol. The van der Waals surface area contributed by atoms with Crippen LogP contribution in [-0.2, 0) is 4.79 Å². The molecule has 2 atom stereocenters. The normalized spacial score (nSPS) is 13.7. The van der Waals surface area contributed by atoms with Gasteiger partial charge in [-0.2, -0.15) is 0 Å². The van der Waals surface area contributed by atoms with Crippen LogP contribution in [0.4, 0.5) is 0 Å². The van der Waals surface area contributed by atoms with Gasteiger partial charge in [0.05, 0.1) is 5.25 Å². The maximum Gasteiger partial charge on any atom is 0.233 e. The van der Waals surface area contributed by atoms with Gasteiger partial charge < -0.3 is 5.32 Å². The number of aryl methyl sites for hydroxylation is 1. The topological polar surface area (TPSA) is 29.1 Å². The van der Waals surface area contributed by atoms with Gasteiger partial charge in [0.2, 0.25) is 5.91 Å². The van der Waals surface area contributed by atoms with E-state index in [1.807, 2.05) is 6.92 Å². The number of rotatable bonds is 9. The molecule has 0 fully saturated rings. The number of carbonyl (C=O) groups is 1. The zero-order valence-corrected chi connectivity index (χ0v) is 14.6. The third-order valence-electron chi connectivity index (χ3n) is 3.81. The Morgan fingerprint density at radius 2 is 1.90 bits per heavy atom. The molecule has 1 rings (SSSR count). The summed E-state index contributed by atoms with van der Waals surface area (Å²) in [6.07, 6.45) is 4.83. The Bertz CT molecular complexity index is 416. The molecule has 0 aromatic heterocycles. The molecule has 0 spiro atoms. The number of benzene rings is 1. The van der Waals surface area contributed by atoms with Crippen LogP contribution in [0.15, 0.2) is 29.2 Å². The summed E-state index contributed by atoms with van der Waals surface area (Å²) >= 11 is 1.63. The number of thioether (sulfide) groups is 1. The Morgan fingerprint density at radius 1 is 1.24 bits per heavy atom. The van der Waals surface area contributed by atoms with Crippen molar-refractivity contribution in [3.63, 3.8) is 0 Å². The fourth-order valence-electron chi connectivity index (χ4n) is 2.21. The molecule has 1 amide bonds. The van der Waals surface area contributed by atoms with E-state index in [1.54, 1.807) is 11.8 Å².